The lowest BCUT2D eigenvalue weighted by Gasteiger charge is -1.98. The highest BCUT2D eigenvalue weighted by Crippen LogP contribution is 2.34. The first-order chi connectivity index (χ1) is 13.1. The molecule has 3 aromatic heterocycles. The fourth-order valence-corrected chi connectivity index (χ4v) is 3.94. The van der Waals surface area contributed by atoms with Crippen molar-refractivity contribution < 1.29 is 19.1 Å². The minimum Gasteiger partial charge on any atom is -0.539 e. The molecule has 0 aliphatic carbocycles. The van der Waals surface area contributed by atoms with Gasteiger partial charge in [0.25, 0.3) is 5.78 Å². The monoisotopic (exact) mass is 380 g/mol. The lowest BCUT2D eigenvalue weighted by molar-refractivity contribution is -0.672. The summed E-state index contributed by atoms with van der Waals surface area (Å²) < 4.78 is 5.94. The molecule has 0 radical (unpaired) electrons. The second-order valence-corrected chi connectivity index (χ2v) is 7.03. The van der Waals surface area contributed by atoms with Gasteiger partial charge in [-0.3, -0.25) is 4.79 Å². The van der Waals surface area contributed by atoms with Crippen molar-refractivity contribution in [3.8, 4) is 11.6 Å². The Labute approximate surface area is 158 Å². The first kappa shape index (κ1) is 17.2. The number of fused-ring (bicyclic) bond motifs is 1. The van der Waals surface area contributed by atoms with Crippen LogP contribution in [0.25, 0.3) is 15.9 Å². The molecule has 8 heteroatoms. The minimum atomic E-state index is -0.805. The van der Waals surface area contributed by atoms with Crippen LogP contribution >= 0.6 is 11.3 Å². The van der Waals surface area contributed by atoms with Crippen LogP contribution in [-0.4, -0.2) is 16.0 Å². The standard InChI is InChI=1S/C19H16N4O3S/c1-2-6-11-9-10-13-14(20)17(27-18(13)21-11)16(24)15-19(25)26-22-23(15)12-7-4-3-5-8-12/h3-5,7-10H,2,6H2,1H3,(H2-,20,22,24,25). The average Bonchev–Trinajstić information content (AvgIpc) is 3.22. The Morgan fingerprint density at radius 3 is 2.78 bits per heavy atom. The Morgan fingerprint density at radius 1 is 1.26 bits per heavy atom. The maximum Gasteiger partial charge on any atom is 0.312 e. The van der Waals surface area contributed by atoms with Gasteiger partial charge in [0.1, 0.15) is 9.71 Å². The number of para-hydroxylation sites is 1. The molecule has 0 spiro atoms. The number of thiophene rings is 1. The third-order valence-electron chi connectivity index (χ3n) is 4.19. The molecule has 136 valence electrons. The summed E-state index contributed by atoms with van der Waals surface area (Å²) >= 11 is 1.18. The highest BCUT2D eigenvalue weighted by molar-refractivity contribution is 7.21. The van der Waals surface area contributed by atoms with Crippen LogP contribution in [0, 0.1) is 0 Å². The van der Waals surface area contributed by atoms with Gasteiger partial charge in [0.2, 0.25) is 5.69 Å². The summed E-state index contributed by atoms with van der Waals surface area (Å²) in [6.45, 7) is 2.08. The summed E-state index contributed by atoms with van der Waals surface area (Å²) in [5.41, 5.74) is 7.82. The molecular weight excluding hydrogens is 364 g/mol. The van der Waals surface area contributed by atoms with Crippen LogP contribution in [0.15, 0.2) is 47.0 Å². The molecular formula is C19H16N4O3S. The van der Waals surface area contributed by atoms with E-state index in [1.807, 2.05) is 18.2 Å². The number of hydrogen-bond donors (Lipinski definition) is 1. The maximum absolute atomic E-state index is 13.1. The van der Waals surface area contributed by atoms with Gasteiger partial charge in [0.05, 0.1) is 11.0 Å². The van der Waals surface area contributed by atoms with Gasteiger partial charge in [-0.25, -0.2) is 4.98 Å². The second-order valence-electron chi connectivity index (χ2n) is 6.04. The molecule has 0 unspecified atom stereocenters. The van der Waals surface area contributed by atoms with Gasteiger partial charge in [-0.15, -0.1) is 11.3 Å². The Bertz CT molecular complexity index is 1130. The zero-order chi connectivity index (χ0) is 19.0. The van der Waals surface area contributed by atoms with Gasteiger partial charge >= 0.3 is 5.69 Å². The molecule has 1 aromatic carbocycles. The molecule has 27 heavy (non-hydrogen) atoms. The summed E-state index contributed by atoms with van der Waals surface area (Å²) in [4.78, 5) is 18.6. The van der Waals surface area contributed by atoms with Crippen molar-refractivity contribution in [3.05, 3.63) is 58.7 Å². The zero-order valence-electron chi connectivity index (χ0n) is 14.5. The van der Waals surface area contributed by atoms with Crippen LogP contribution in [0.5, 0.6) is 5.95 Å². The van der Waals surface area contributed by atoms with Crippen LogP contribution < -0.4 is 15.5 Å². The van der Waals surface area contributed by atoms with E-state index in [-0.39, 0.29) is 10.6 Å². The smallest absolute Gasteiger partial charge is 0.312 e. The summed E-state index contributed by atoms with van der Waals surface area (Å²) in [5.74, 6) is -1.33. The van der Waals surface area contributed by atoms with Gasteiger partial charge in [0, 0.05) is 23.2 Å². The van der Waals surface area contributed by atoms with E-state index in [1.54, 1.807) is 24.3 Å². The van der Waals surface area contributed by atoms with Gasteiger partial charge in [-0.05, 0) is 23.2 Å². The van der Waals surface area contributed by atoms with E-state index in [4.69, 9.17) is 10.3 Å². The van der Waals surface area contributed by atoms with Crippen molar-refractivity contribution in [2.45, 2.75) is 19.8 Å². The molecule has 0 saturated heterocycles. The predicted octanol–water partition coefficient (Wildman–Crippen LogP) is 2.40. The minimum absolute atomic E-state index is 0.187. The predicted molar refractivity (Wildman–Crippen MR) is 98.9 cm³/mol. The van der Waals surface area contributed by atoms with E-state index >= 15 is 0 Å². The van der Waals surface area contributed by atoms with Crippen LogP contribution in [0.3, 0.4) is 0 Å². The third-order valence-corrected chi connectivity index (χ3v) is 5.30. The molecule has 0 aliphatic rings. The lowest BCUT2D eigenvalue weighted by Crippen LogP contribution is -2.39. The Morgan fingerprint density at radius 2 is 2.04 bits per heavy atom. The fourth-order valence-electron chi connectivity index (χ4n) is 2.89. The summed E-state index contributed by atoms with van der Waals surface area (Å²) in [7, 11) is 0. The topological polar surface area (TPSA) is 109 Å². The van der Waals surface area contributed by atoms with Gasteiger partial charge < -0.3 is 15.4 Å². The van der Waals surface area contributed by atoms with Gasteiger partial charge in [-0.2, -0.15) is 0 Å². The Balaban J connectivity index is 1.82. The van der Waals surface area contributed by atoms with Crippen LogP contribution in [0.4, 0.5) is 5.69 Å². The number of anilines is 1. The quantitative estimate of drug-likeness (QED) is 0.421. The Hall–Kier alpha value is -3.26. The highest BCUT2D eigenvalue weighted by Gasteiger charge is 2.31. The number of pyridine rings is 1. The highest BCUT2D eigenvalue weighted by atomic mass is 32.1. The first-order valence-electron chi connectivity index (χ1n) is 8.47. The van der Waals surface area contributed by atoms with E-state index in [0.29, 0.717) is 21.6 Å². The normalized spacial score (nSPS) is 11.1. The van der Waals surface area contributed by atoms with Crippen molar-refractivity contribution in [2.75, 3.05) is 5.73 Å². The molecule has 0 amide bonds. The SMILES string of the molecule is CCCc1ccc2c(N)c(C(=O)c3c([O-])on[n+]3-c3ccccc3)sc2n1. The van der Waals surface area contributed by atoms with E-state index in [9.17, 15) is 9.90 Å². The number of carbonyl (C=O) groups excluding carboxylic acids is 1. The van der Waals surface area contributed by atoms with Gasteiger partial charge in [0.15, 0.2) is 5.95 Å². The molecule has 7 nitrogen and oxygen atoms in total. The average molecular weight is 380 g/mol. The zero-order valence-corrected chi connectivity index (χ0v) is 15.3. The third kappa shape index (κ3) is 2.93. The molecule has 0 aliphatic heterocycles. The molecule has 0 bridgehead atoms. The molecule has 0 atom stereocenters. The molecule has 3 heterocycles. The maximum atomic E-state index is 13.1. The largest absolute Gasteiger partial charge is 0.539 e. The number of hydrogen-bond acceptors (Lipinski definition) is 7. The number of aromatic nitrogens is 3. The molecule has 0 saturated carbocycles. The first-order valence-corrected chi connectivity index (χ1v) is 9.28. The number of carbonyl (C=O) groups is 1. The number of nitrogens with zero attached hydrogens (tertiary/aromatic N) is 3. The Kier molecular flexibility index (Phi) is 4.33. The van der Waals surface area contributed by atoms with Crippen molar-refractivity contribution in [3.63, 3.8) is 0 Å². The number of nitrogen functional groups attached to an aromatic ring is 1. The van der Waals surface area contributed by atoms with Crippen molar-refractivity contribution >= 4 is 33.0 Å². The fraction of sp³-hybridized carbons (Fsp3) is 0.158. The number of ketones is 1. The van der Waals surface area contributed by atoms with Crippen LogP contribution in [0.2, 0.25) is 0 Å². The summed E-state index contributed by atoms with van der Waals surface area (Å²) in [6.07, 6.45) is 1.82. The number of benzene rings is 1. The van der Waals surface area contributed by atoms with Gasteiger partial charge in [-0.1, -0.05) is 31.5 Å². The summed E-state index contributed by atoms with van der Waals surface area (Å²) in [6, 6.07) is 12.6. The lowest BCUT2D eigenvalue weighted by atomic mass is 10.1. The van der Waals surface area contributed by atoms with Crippen molar-refractivity contribution in [1.82, 2.24) is 10.3 Å². The van der Waals surface area contributed by atoms with E-state index in [2.05, 4.69) is 17.2 Å². The molecule has 0 fully saturated rings. The molecule has 4 aromatic rings. The van der Waals surface area contributed by atoms with Crippen molar-refractivity contribution in [2.24, 2.45) is 0 Å². The number of aryl methyl sites for hydroxylation is 1. The summed E-state index contributed by atoms with van der Waals surface area (Å²) in [5, 5.41) is 16.6. The number of nitrogens with two attached hydrogens (primary N) is 1. The van der Waals surface area contributed by atoms with Crippen LogP contribution in [-0.2, 0) is 6.42 Å². The molecule has 4 rings (SSSR count). The van der Waals surface area contributed by atoms with E-state index in [1.165, 1.54) is 16.0 Å². The second kappa shape index (κ2) is 6.81. The molecule has 2 N–H and O–H groups in total. The van der Waals surface area contributed by atoms with Crippen LogP contribution in [0.1, 0.15) is 34.4 Å². The van der Waals surface area contributed by atoms with Crippen molar-refractivity contribution in [1.29, 1.82) is 0 Å². The number of rotatable bonds is 5. The van der Waals surface area contributed by atoms with E-state index in [0.717, 1.165) is 18.5 Å². The van der Waals surface area contributed by atoms with E-state index < -0.39 is 11.7 Å².